The van der Waals surface area contributed by atoms with Crippen molar-refractivity contribution in [1.82, 2.24) is 14.3 Å². The Morgan fingerprint density at radius 3 is 3.10 bits per heavy atom. The van der Waals surface area contributed by atoms with E-state index < -0.39 is 10.0 Å². The van der Waals surface area contributed by atoms with E-state index in [1.807, 2.05) is 12.4 Å². The maximum atomic E-state index is 12.1. The Balaban J connectivity index is 1.48. The van der Waals surface area contributed by atoms with Gasteiger partial charge in [0.25, 0.3) is 0 Å². The molecular formula is C14H23N3O3S. The van der Waals surface area contributed by atoms with Crippen molar-refractivity contribution >= 4 is 10.0 Å². The molecule has 6 nitrogen and oxygen atoms in total. The molecule has 2 atom stereocenters. The molecule has 0 aromatic carbocycles. The van der Waals surface area contributed by atoms with E-state index in [2.05, 4.69) is 14.3 Å². The highest BCUT2D eigenvalue weighted by molar-refractivity contribution is 7.89. The van der Waals surface area contributed by atoms with Crippen molar-refractivity contribution in [3.63, 3.8) is 0 Å². The van der Waals surface area contributed by atoms with Crippen LogP contribution in [0.25, 0.3) is 0 Å². The Kier molecular flexibility index (Phi) is 4.61. The van der Waals surface area contributed by atoms with Crippen molar-refractivity contribution in [2.24, 2.45) is 5.92 Å². The summed E-state index contributed by atoms with van der Waals surface area (Å²) >= 11 is 0. The van der Waals surface area contributed by atoms with Gasteiger partial charge < -0.3 is 9.30 Å². The van der Waals surface area contributed by atoms with E-state index in [1.165, 1.54) is 0 Å². The number of rotatable bonds is 5. The highest BCUT2D eigenvalue weighted by Gasteiger charge is 2.24. The van der Waals surface area contributed by atoms with Gasteiger partial charge in [-0.2, -0.15) is 0 Å². The van der Waals surface area contributed by atoms with E-state index in [0.717, 1.165) is 44.5 Å². The lowest BCUT2D eigenvalue weighted by Gasteiger charge is -2.25. The fourth-order valence-electron chi connectivity index (χ4n) is 3.08. The van der Waals surface area contributed by atoms with E-state index in [9.17, 15) is 8.42 Å². The second-order valence-electron chi connectivity index (χ2n) is 6.01. The number of nitrogens with one attached hydrogen (secondary N) is 1. The summed E-state index contributed by atoms with van der Waals surface area (Å²) in [5.41, 5.74) is 0. The largest absolute Gasteiger partial charge is 0.377 e. The number of aryl methyl sites for hydroxylation is 1. The zero-order valence-electron chi connectivity index (χ0n) is 12.2. The molecule has 1 fully saturated rings. The number of hydrogen-bond donors (Lipinski definition) is 1. The second kappa shape index (κ2) is 6.46. The van der Waals surface area contributed by atoms with Crippen molar-refractivity contribution in [3.8, 4) is 0 Å². The number of imidazole rings is 1. The molecule has 3 rings (SSSR count). The van der Waals surface area contributed by atoms with Crippen molar-refractivity contribution in [1.29, 1.82) is 0 Å². The topological polar surface area (TPSA) is 73.2 Å². The smallest absolute Gasteiger partial charge is 0.214 e. The van der Waals surface area contributed by atoms with E-state index >= 15 is 0 Å². The summed E-state index contributed by atoms with van der Waals surface area (Å²) in [7, 11) is -3.25. The summed E-state index contributed by atoms with van der Waals surface area (Å²) in [6.07, 6.45) is 8.44. The number of nitrogens with zero attached hydrogens (tertiary/aromatic N) is 2. The van der Waals surface area contributed by atoms with E-state index in [4.69, 9.17) is 4.74 Å². The van der Waals surface area contributed by atoms with Gasteiger partial charge in [0.15, 0.2) is 0 Å². The Hall–Kier alpha value is -0.920. The Morgan fingerprint density at radius 1 is 1.38 bits per heavy atom. The molecule has 0 saturated carbocycles. The molecule has 7 heteroatoms. The third-order valence-electron chi connectivity index (χ3n) is 4.32. The van der Waals surface area contributed by atoms with Crippen LogP contribution in [-0.4, -0.2) is 43.0 Å². The van der Waals surface area contributed by atoms with Crippen LogP contribution in [0.15, 0.2) is 12.4 Å². The lowest BCUT2D eigenvalue weighted by Crippen LogP contribution is -2.38. The molecule has 0 spiro atoms. The minimum absolute atomic E-state index is 0.0916. The van der Waals surface area contributed by atoms with Crippen molar-refractivity contribution in [3.05, 3.63) is 18.2 Å². The van der Waals surface area contributed by atoms with E-state index in [0.29, 0.717) is 19.1 Å². The highest BCUT2D eigenvalue weighted by atomic mass is 32.2. The third-order valence-corrected chi connectivity index (χ3v) is 5.74. The molecule has 0 aliphatic carbocycles. The van der Waals surface area contributed by atoms with Gasteiger partial charge in [-0.05, 0) is 31.6 Å². The predicted molar refractivity (Wildman–Crippen MR) is 79.4 cm³/mol. The minimum atomic E-state index is -3.25. The summed E-state index contributed by atoms with van der Waals surface area (Å²) in [6, 6.07) is 0. The van der Waals surface area contributed by atoms with Gasteiger partial charge in [-0.1, -0.05) is 0 Å². The van der Waals surface area contributed by atoms with Gasteiger partial charge in [-0.15, -0.1) is 0 Å². The number of aromatic nitrogens is 2. The van der Waals surface area contributed by atoms with Gasteiger partial charge in [0.2, 0.25) is 10.0 Å². The average molecular weight is 313 g/mol. The van der Waals surface area contributed by atoms with Crippen molar-refractivity contribution in [2.75, 3.05) is 18.9 Å². The summed E-state index contributed by atoms with van der Waals surface area (Å²) in [5, 5.41) is 0. The van der Waals surface area contributed by atoms with Gasteiger partial charge in [-0.25, -0.2) is 18.1 Å². The van der Waals surface area contributed by atoms with Crippen molar-refractivity contribution < 1.29 is 13.2 Å². The second-order valence-corrected chi connectivity index (χ2v) is 7.87. The monoisotopic (exact) mass is 313 g/mol. The molecule has 21 heavy (non-hydrogen) atoms. The molecule has 1 N–H and O–H groups in total. The van der Waals surface area contributed by atoms with Gasteiger partial charge in [0.05, 0.1) is 11.9 Å². The highest BCUT2D eigenvalue weighted by Crippen LogP contribution is 2.19. The first kappa shape index (κ1) is 15.0. The van der Waals surface area contributed by atoms with Crippen LogP contribution >= 0.6 is 0 Å². The summed E-state index contributed by atoms with van der Waals surface area (Å²) in [6.45, 7) is 2.11. The average Bonchev–Trinajstić information content (AvgIpc) is 2.93. The summed E-state index contributed by atoms with van der Waals surface area (Å²) < 4.78 is 34.7. The van der Waals surface area contributed by atoms with E-state index in [-0.39, 0.29) is 11.9 Å². The standard InChI is InChI=1S/C14H23N3O3S/c18-21(19,11-13-3-1-2-8-20-13)16-10-12-4-6-17-7-5-15-14(17)9-12/h5,7,12-13,16H,1-4,6,8-11H2. The molecule has 2 aliphatic heterocycles. The third kappa shape index (κ3) is 4.05. The molecule has 2 unspecified atom stereocenters. The Labute approximate surface area is 125 Å². The van der Waals surface area contributed by atoms with Crippen LogP contribution in [0, 0.1) is 5.92 Å². The lowest BCUT2D eigenvalue weighted by atomic mass is 9.98. The molecule has 1 aromatic heterocycles. The molecule has 1 aromatic rings. The maximum absolute atomic E-state index is 12.1. The maximum Gasteiger partial charge on any atom is 0.214 e. The fraction of sp³-hybridized carbons (Fsp3) is 0.786. The van der Waals surface area contributed by atoms with Gasteiger partial charge >= 0.3 is 0 Å². The van der Waals surface area contributed by atoms with Gasteiger partial charge in [-0.3, -0.25) is 0 Å². The number of hydrogen-bond acceptors (Lipinski definition) is 4. The zero-order valence-corrected chi connectivity index (χ0v) is 13.0. The fourth-order valence-corrected chi connectivity index (χ4v) is 4.44. The van der Waals surface area contributed by atoms with Crippen LogP contribution < -0.4 is 4.72 Å². The molecule has 0 amide bonds. The van der Waals surface area contributed by atoms with Crippen LogP contribution in [0.2, 0.25) is 0 Å². The zero-order chi connectivity index (χ0) is 14.7. The SMILES string of the molecule is O=S(=O)(CC1CCCCO1)NCC1CCn2ccnc2C1. The first-order valence-corrected chi connectivity index (χ1v) is 9.36. The molecule has 0 bridgehead atoms. The number of sulfonamides is 1. The van der Waals surface area contributed by atoms with Crippen LogP contribution in [-0.2, 0) is 27.7 Å². The Bertz CT molecular complexity index is 564. The van der Waals surface area contributed by atoms with Crippen molar-refractivity contribution in [2.45, 2.75) is 44.8 Å². The first-order valence-electron chi connectivity index (χ1n) is 7.71. The molecule has 2 aliphatic rings. The first-order chi connectivity index (χ1) is 10.1. The van der Waals surface area contributed by atoms with Crippen LogP contribution in [0.3, 0.4) is 0 Å². The molecule has 1 saturated heterocycles. The summed E-state index contributed by atoms with van der Waals surface area (Å²) in [5.74, 6) is 1.48. The van der Waals surface area contributed by atoms with Crippen LogP contribution in [0.5, 0.6) is 0 Å². The van der Waals surface area contributed by atoms with E-state index in [1.54, 1.807) is 0 Å². The lowest BCUT2D eigenvalue weighted by molar-refractivity contribution is 0.0304. The molecule has 118 valence electrons. The predicted octanol–water partition coefficient (Wildman–Crippen LogP) is 0.934. The van der Waals surface area contributed by atoms with Gasteiger partial charge in [0.1, 0.15) is 5.82 Å². The summed E-state index contributed by atoms with van der Waals surface area (Å²) in [4.78, 5) is 4.31. The quantitative estimate of drug-likeness (QED) is 0.878. The normalized spacial score (nSPS) is 26.5. The van der Waals surface area contributed by atoms with Gasteiger partial charge in [0, 0.05) is 38.5 Å². The number of ether oxygens (including phenoxy) is 1. The number of fused-ring (bicyclic) bond motifs is 1. The Morgan fingerprint density at radius 2 is 2.29 bits per heavy atom. The minimum Gasteiger partial charge on any atom is -0.377 e. The molecular weight excluding hydrogens is 290 g/mol. The molecule has 3 heterocycles. The van der Waals surface area contributed by atoms with Crippen LogP contribution in [0.1, 0.15) is 31.5 Å². The molecule has 0 radical (unpaired) electrons. The van der Waals surface area contributed by atoms with Crippen LogP contribution in [0.4, 0.5) is 0 Å².